The van der Waals surface area contributed by atoms with Crippen molar-refractivity contribution in [2.24, 2.45) is 5.10 Å². The molecular weight excluding hydrogens is 344 g/mol. The van der Waals surface area contributed by atoms with Crippen molar-refractivity contribution in [3.63, 3.8) is 0 Å². The maximum Gasteiger partial charge on any atom is 0.252 e. The van der Waals surface area contributed by atoms with Crippen LogP contribution in [0, 0.1) is 6.92 Å². The van der Waals surface area contributed by atoms with Crippen LogP contribution in [0.1, 0.15) is 32.0 Å². The Balaban J connectivity index is 2.22. The standard InChI is InChI=1S/C17H21ClN4O3/c1-5-24-14-8-12(7-13(18)16(14)25-10(2)3)9-19-22-17-20-11(4)6-15(23)21-17/h6-10H,5H2,1-4H3,(H2,20,21,22,23)/b19-9-. The second-order valence-electron chi connectivity index (χ2n) is 5.53. The molecule has 0 spiro atoms. The first-order valence-corrected chi connectivity index (χ1v) is 8.27. The molecule has 0 atom stereocenters. The highest BCUT2D eigenvalue weighted by atomic mass is 35.5. The number of nitrogens with zero attached hydrogens (tertiary/aromatic N) is 2. The minimum Gasteiger partial charge on any atom is -0.490 e. The number of ether oxygens (including phenoxy) is 2. The van der Waals surface area contributed by atoms with Gasteiger partial charge in [-0.2, -0.15) is 5.10 Å². The van der Waals surface area contributed by atoms with Gasteiger partial charge < -0.3 is 9.47 Å². The Hall–Kier alpha value is -2.54. The van der Waals surface area contributed by atoms with Crippen molar-refractivity contribution in [2.45, 2.75) is 33.8 Å². The Kier molecular flexibility index (Phi) is 6.41. The second kappa shape index (κ2) is 8.53. The molecule has 1 heterocycles. The molecule has 1 aromatic carbocycles. The smallest absolute Gasteiger partial charge is 0.252 e. The van der Waals surface area contributed by atoms with E-state index in [4.69, 9.17) is 21.1 Å². The van der Waals surface area contributed by atoms with Gasteiger partial charge in [-0.15, -0.1) is 0 Å². The number of aromatic nitrogens is 2. The molecule has 0 saturated carbocycles. The van der Waals surface area contributed by atoms with Crippen molar-refractivity contribution in [1.82, 2.24) is 9.97 Å². The number of H-pyrrole nitrogens is 1. The molecule has 1 aromatic heterocycles. The third-order valence-electron chi connectivity index (χ3n) is 2.94. The number of aryl methyl sites for hydroxylation is 1. The van der Waals surface area contributed by atoms with Gasteiger partial charge in [0.05, 0.1) is 23.9 Å². The number of hydrogen-bond donors (Lipinski definition) is 2. The SMILES string of the molecule is CCOc1cc(/C=N\Nc2nc(C)cc(=O)[nH]2)cc(Cl)c1OC(C)C. The Morgan fingerprint density at radius 2 is 2.16 bits per heavy atom. The molecule has 0 aliphatic carbocycles. The molecule has 2 rings (SSSR count). The highest BCUT2D eigenvalue weighted by Crippen LogP contribution is 2.37. The summed E-state index contributed by atoms with van der Waals surface area (Å²) in [5.74, 6) is 1.32. The number of benzene rings is 1. The first-order chi connectivity index (χ1) is 11.9. The maximum atomic E-state index is 11.4. The van der Waals surface area contributed by atoms with Crippen molar-refractivity contribution in [3.05, 3.63) is 44.8 Å². The van der Waals surface area contributed by atoms with Crippen LogP contribution in [-0.2, 0) is 0 Å². The molecule has 0 amide bonds. The van der Waals surface area contributed by atoms with Crippen molar-refractivity contribution < 1.29 is 9.47 Å². The van der Waals surface area contributed by atoms with Crippen molar-refractivity contribution in [2.75, 3.05) is 12.0 Å². The molecule has 0 bridgehead atoms. The van der Waals surface area contributed by atoms with Crippen molar-refractivity contribution >= 4 is 23.8 Å². The Morgan fingerprint density at radius 3 is 2.80 bits per heavy atom. The Bertz CT molecular complexity index is 818. The third kappa shape index (κ3) is 5.49. The molecule has 25 heavy (non-hydrogen) atoms. The van der Waals surface area contributed by atoms with E-state index in [1.54, 1.807) is 25.3 Å². The lowest BCUT2D eigenvalue weighted by Gasteiger charge is -2.16. The molecule has 0 aliphatic rings. The quantitative estimate of drug-likeness (QED) is 0.581. The van der Waals surface area contributed by atoms with Gasteiger partial charge in [-0.1, -0.05) is 11.6 Å². The first kappa shape index (κ1) is 18.8. The molecule has 2 N–H and O–H groups in total. The predicted molar refractivity (Wildman–Crippen MR) is 99.2 cm³/mol. The number of halogens is 1. The molecule has 0 unspecified atom stereocenters. The Morgan fingerprint density at radius 1 is 1.40 bits per heavy atom. The van der Waals surface area contributed by atoms with Gasteiger partial charge in [0, 0.05) is 11.8 Å². The molecule has 2 aromatic rings. The second-order valence-corrected chi connectivity index (χ2v) is 5.94. The highest BCUT2D eigenvalue weighted by molar-refractivity contribution is 6.32. The number of hydrazone groups is 1. The fraction of sp³-hybridized carbons (Fsp3) is 0.353. The van der Waals surface area contributed by atoms with E-state index in [0.717, 1.165) is 0 Å². The van der Waals surface area contributed by atoms with Crippen LogP contribution in [0.2, 0.25) is 5.02 Å². The third-order valence-corrected chi connectivity index (χ3v) is 3.22. The van der Waals surface area contributed by atoms with E-state index in [1.807, 2.05) is 20.8 Å². The number of rotatable bonds is 7. The average molecular weight is 365 g/mol. The van der Waals surface area contributed by atoms with Gasteiger partial charge in [0.2, 0.25) is 5.95 Å². The summed E-state index contributed by atoms with van der Waals surface area (Å²) in [7, 11) is 0. The summed E-state index contributed by atoms with van der Waals surface area (Å²) >= 11 is 6.30. The van der Waals surface area contributed by atoms with Gasteiger partial charge in [-0.3, -0.25) is 9.78 Å². The minimum atomic E-state index is -0.248. The van der Waals surface area contributed by atoms with Crippen molar-refractivity contribution in [3.8, 4) is 11.5 Å². The summed E-state index contributed by atoms with van der Waals surface area (Å²) in [6.45, 7) is 7.93. The summed E-state index contributed by atoms with van der Waals surface area (Å²) in [5, 5.41) is 4.50. The van der Waals surface area contributed by atoms with E-state index in [9.17, 15) is 4.79 Å². The van der Waals surface area contributed by atoms with E-state index in [0.29, 0.717) is 34.4 Å². The zero-order chi connectivity index (χ0) is 18.4. The lowest BCUT2D eigenvalue weighted by molar-refractivity contribution is 0.224. The average Bonchev–Trinajstić information content (AvgIpc) is 2.50. The van der Waals surface area contributed by atoms with Gasteiger partial charge >= 0.3 is 0 Å². The summed E-state index contributed by atoms with van der Waals surface area (Å²) in [5.41, 5.74) is 3.74. The van der Waals surface area contributed by atoms with Crippen LogP contribution in [0.15, 0.2) is 28.1 Å². The number of anilines is 1. The monoisotopic (exact) mass is 364 g/mol. The molecule has 8 heteroatoms. The summed E-state index contributed by atoms with van der Waals surface area (Å²) in [6, 6.07) is 4.90. The topological polar surface area (TPSA) is 88.6 Å². The van der Waals surface area contributed by atoms with Crippen LogP contribution in [0.25, 0.3) is 0 Å². The molecule has 0 saturated heterocycles. The van der Waals surface area contributed by atoms with E-state index < -0.39 is 0 Å². The van der Waals surface area contributed by atoms with E-state index in [2.05, 4.69) is 20.5 Å². The minimum absolute atomic E-state index is 0.0258. The summed E-state index contributed by atoms with van der Waals surface area (Å²) in [6.07, 6.45) is 1.53. The molecular formula is C17H21ClN4O3. The number of aromatic amines is 1. The lowest BCUT2D eigenvalue weighted by atomic mass is 10.2. The fourth-order valence-electron chi connectivity index (χ4n) is 2.08. The maximum absolute atomic E-state index is 11.4. The summed E-state index contributed by atoms with van der Waals surface area (Å²) < 4.78 is 11.3. The molecule has 0 radical (unpaired) electrons. The fourth-order valence-corrected chi connectivity index (χ4v) is 2.34. The van der Waals surface area contributed by atoms with Gasteiger partial charge in [0.15, 0.2) is 11.5 Å². The summed E-state index contributed by atoms with van der Waals surface area (Å²) in [4.78, 5) is 18.1. The van der Waals surface area contributed by atoms with Gasteiger partial charge in [-0.25, -0.2) is 10.4 Å². The van der Waals surface area contributed by atoms with E-state index in [-0.39, 0.29) is 17.6 Å². The first-order valence-electron chi connectivity index (χ1n) is 7.89. The van der Waals surface area contributed by atoms with Crippen LogP contribution in [0.4, 0.5) is 5.95 Å². The van der Waals surface area contributed by atoms with Gasteiger partial charge in [-0.05, 0) is 45.4 Å². The highest BCUT2D eigenvalue weighted by Gasteiger charge is 2.13. The van der Waals surface area contributed by atoms with Crippen LogP contribution < -0.4 is 20.5 Å². The van der Waals surface area contributed by atoms with Gasteiger partial charge in [0.25, 0.3) is 5.56 Å². The number of hydrogen-bond acceptors (Lipinski definition) is 6. The van der Waals surface area contributed by atoms with Crippen LogP contribution >= 0.6 is 11.6 Å². The molecule has 134 valence electrons. The molecule has 0 fully saturated rings. The van der Waals surface area contributed by atoms with Gasteiger partial charge in [0.1, 0.15) is 0 Å². The van der Waals surface area contributed by atoms with Crippen molar-refractivity contribution in [1.29, 1.82) is 0 Å². The normalized spacial score (nSPS) is 11.1. The van der Waals surface area contributed by atoms with E-state index in [1.165, 1.54) is 6.07 Å². The van der Waals surface area contributed by atoms with Crippen LogP contribution in [0.5, 0.6) is 11.5 Å². The number of nitrogens with one attached hydrogen (secondary N) is 2. The van der Waals surface area contributed by atoms with Crippen LogP contribution in [-0.4, -0.2) is 28.9 Å². The largest absolute Gasteiger partial charge is 0.490 e. The van der Waals surface area contributed by atoms with Crippen LogP contribution in [0.3, 0.4) is 0 Å². The zero-order valence-electron chi connectivity index (χ0n) is 14.6. The Labute approximate surface area is 151 Å². The zero-order valence-corrected chi connectivity index (χ0v) is 15.3. The lowest BCUT2D eigenvalue weighted by Crippen LogP contribution is -2.10. The van der Waals surface area contributed by atoms with E-state index >= 15 is 0 Å². The molecule has 7 nitrogen and oxygen atoms in total. The predicted octanol–water partition coefficient (Wildman–Crippen LogP) is 3.36. The molecule has 0 aliphatic heterocycles.